The van der Waals surface area contributed by atoms with Crippen molar-refractivity contribution >= 4 is 0 Å². The Morgan fingerprint density at radius 3 is 2.43 bits per heavy atom. The van der Waals surface area contributed by atoms with Crippen LogP contribution in [0.25, 0.3) is 0 Å². The van der Waals surface area contributed by atoms with Crippen molar-refractivity contribution in [2.45, 2.75) is 12.8 Å². The molecular formula is C10H12F2O2. The highest BCUT2D eigenvalue weighted by Crippen LogP contribution is 2.31. The van der Waals surface area contributed by atoms with E-state index in [9.17, 15) is 8.78 Å². The van der Waals surface area contributed by atoms with Crippen LogP contribution in [0.4, 0.5) is 8.78 Å². The van der Waals surface area contributed by atoms with Gasteiger partial charge in [-0.25, -0.2) is 8.78 Å². The van der Waals surface area contributed by atoms with E-state index >= 15 is 0 Å². The first-order chi connectivity index (χ1) is 6.61. The van der Waals surface area contributed by atoms with Gasteiger partial charge in [0.25, 0.3) is 0 Å². The molecule has 0 heterocycles. The third kappa shape index (κ3) is 1.85. The summed E-state index contributed by atoms with van der Waals surface area (Å²) in [5.41, 5.74) is 0.0787. The molecule has 1 aromatic rings. The Kier molecular flexibility index (Phi) is 3.41. The second-order valence-corrected chi connectivity index (χ2v) is 3.06. The van der Waals surface area contributed by atoms with Gasteiger partial charge in [-0.15, -0.1) is 0 Å². The Morgan fingerprint density at radius 1 is 1.36 bits per heavy atom. The molecule has 0 aliphatic carbocycles. The number of aliphatic hydroxyl groups excluding tert-OH is 1. The number of halogens is 2. The second kappa shape index (κ2) is 4.37. The van der Waals surface area contributed by atoms with Crippen molar-refractivity contribution in [1.82, 2.24) is 0 Å². The van der Waals surface area contributed by atoms with E-state index in [0.29, 0.717) is 0 Å². The largest absolute Gasteiger partial charge is 0.493 e. The number of hydrogen-bond acceptors (Lipinski definition) is 2. The Morgan fingerprint density at radius 2 is 1.93 bits per heavy atom. The molecule has 2 nitrogen and oxygen atoms in total. The zero-order valence-corrected chi connectivity index (χ0v) is 8.05. The lowest BCUT2D eigenvalue weighted by Gasteiger charge is -2.14. The molecule has 0 spiro atoms. The van der Waals surface area contributed by atoms with Crippen LogP contribution in [0, 0.1) is 11.6 Å². The zero-order chi connectivity index (χ0) is 10.7. The van der Waals surface area contributed by atoms with E-state index in [1.54, 1.807) is 6.92 Å². The fourth-order valence-corrected chi connectivity index (χ4v) is 1.31. The summed E-state index contributed by atoms with van der Waals surface area (Å²) in [6, 6.07) is 2.03. The first-order valence-corrected chi connectivity index (χ1v) is 4.24. The molecule has 78 valence electrons. The summed E-state index contributed by atoms with van der Waals surface area (Å²) in [6.45, 7) is 1.34. The van der Waals surface area contributed by atoms with Crippen molar-refractivity contribution in [1.29, 1.82) is 0 Å². The standard InChI is InChI=1S/C10H12F2O2/c1-6(5-13)9-7(11)3-4-8(12)10(9)14-2/h3-4,6,13H,5H2,1-2H3. The van der Waals surface area contributed by atoms with Crippen LogP contribution in [0.3, 0.4) is 0 Å². The number of rotatable bonds is 3. The van der Waals surface area contributed by atoms with Crippen LogP contribution in [0.2, 0.25) is 0 Å². The number of ether oxygens (including phenoxy) is 1. The molecule has 0 saturated carbocycles. The first kappa shape index (κ1) is 10.9. The number of hydrogen-bond donors (Lipinski definition) is 1. The van der Waals surface area contributed by atoms with Gasteiger partial charge in [0.1, 0.15) is 5.82 Å². The van der Waals surface area contributed by atoms with E-state index in [1.807, 2.05) is 0 Å². The van der Waals surface area contributed by atoms with Gasteiger partial charge in [0.15, 0.2) is 11.6 Å². The minimum Gasteiger partial charge on any atom is -0.493 e. The Labute approximate surface area is 81.1 Å². The third-order valence-corrected chi connectivity index (χ3v) is 2.07. The van der Waals surface area contributed by atoms with Gasteiger partial charge in [0.05, 0.1) is 7.11 Å². The molecule has 1 aromatic carbocycles. The lowest BCUT2D eigenvalue weighted by molar-refractivity contribution is 0.265. The van der Waals surface area contributed by atoms with Crippen molar-refractivity contribution in [3.63, 3.8) is 0 Å². The van der Waals surface area contributed by atoms with Gasteiger partial charge in [-0.2, -0.15) is 0 Å². The van der Waals surface area contributed by atoms with Crippen molar-refractivity contribution < 1.29 is 18.6 Å². The van der Waals surface area contributed by atoms with Gasteiger partial charge < -0.3 is 9.84 Å². The van der Waals surface area contributed by atoms with Gasteiger partial charge in [-0.3, -0.25) is 0 Å². The van der Waals surface area contributed by atoms with E-state index < -0.39 is 17.6 Å². The molecule has 0 bridgehead atoms. The molecule has 0 amide bonds. The molecule has 1 N–H and O–H groups in total. The maximum Gasteiger partial charge on any atom is 0.165 e. The number of methoxy groups -OCH3 is 1. The highest BCUT2D eigenvalue weighted by molar-refractivity contribution is 5.38. The molecule has 0 radical (unpaired) electrons. The average Bonchev–Trinajstić information content (AvgIpc) is 2.19. The zero-order valence-electron chi connectivity index (χ0n) is 8.05. The van der Waals surface area contributed by atoms with E-state index in [2.05, 4.69) is 0 Å². The predicted octanol–water partition coefficient (Wildman–Crippen LogP) is 2.07. The van der Waals surface area contributed by atoms with Gasteiger partial charge in [0, 0.05) is 18.1 Å². The van der Waals surface area contributed by atoms with Crippen LogP contribution < -0.4 is 4.74 Å². The van der Waals surface area contributed by atoms with Crippen LogP contribution in [-0.4, -0.2) is 18.8 Å². The minimum atomic E-state index is -0.621. The molecule has 1 atom stereocenters. The summed E-state index contributed by atoms with van der Waals surface area (Å²) in [5.74, 6) is -1.80. The molecule has 0 aliphatic heterocycles. The van der Waals surface area contributed by atoms with Crippen LogP contribution in [-0.2, 0) is 0 Å². The molecule has 0 aliphatic rings. The van der Waals surface area contributed by atoms with Gasteiger partial charge in [-0.05, 0) is 12.1 Å². The number of aliphatic hydroxyl groups is 1. The summed E-state index contributed by atoms with van der Waals surface area (Å²) < 4.78 is 31.2. The topological polar surface area (TPSA) is 29.5 Å². The van der Waals surface area contributed by atoms with E-state index in [4.69, 9.17) is 9.84 Å². The SMILES string of the molecule is COc1c(F)ccc(F)c1C(C)CO. The summed E-state index contributed by atoms with van der Waals surface area (Å²) in [4.78, 5) is 0. The molecule has 0 fully saturated rings. The van der Waals surface area contributed by atoms with Gasteiger partial charge in [0.2, 0.25) is 0 Å². The lowest BCUT2D eigenvalue weighted by atomic mass is 10.00. The molecule has 0 aromatic heterocycles. The normalized spacial score (nSPS) is 12.6. The Balaban J connectivity index is 3.29. The average molecular weight is 202 g/mol. The maximum atomic E-state index is 13.3. The van der Waals surface area contributed by atoms with Crippen molar-refractivity contribution in [2.24, 2.45) is 0 Å². The summed E-state index contributed by atoms with van der Waals surface area (Å²) in [6.07, 6.45) is 0. The predicted molar refractivity (Wildman–Crippen MR) is 48.4 cm³/mol. The van der Waals surface area contributed by atoms with Crippen molar-refractivity contribution in [2.75, 3.05) is 13.7 Å². The van der Waals surface area contributed by atoms with Crippen LogP contribution in [0.5, 0.6) is 5.75 Å². The van der Waals surface area contributed by atoms with Gasteiger partial charge >= 0.3 is 0 Å². The van der Waals surface area contributed by atoms with Gasteiger partial charge in [-0.1, -0.05) is 6.92 Å². The molecule has 4 heteroatoms. The quantitative estimate of drug-likeness (QED) is 0.813. The van der Waals surface area contributed by atoms with E-state index in [0.717, 1.165) is 12.1 Å². The van der Waals surface area contributed by atoms with Crippen LogP contribution in [0.15, 0.2) is 12.1 Å². The van der Waals surface area contributed by atoms with E-state index in [-0.39, 0.29) is 17.9 Å². The highest BCUT2D eigenvalue weighted by atomic mass is 19.1. The molecule has 1 rings (SSSR count). The summed E-state index contributed by atoms with van der Waals surface area (Å²) in [5, 5.41) is 8.88. The first-order valence-electron chi connectivity index (χ1n) is 4.24. The fraction of sp³-hybridized carbons (Fsp3) is 0.400. The smallest absolute Gasteiger partial charge is 0.165 e. The molecule has 14 heavy (non-hydrogen) atoms. The van der Waals surface area contributed by atoms with Crippen LogP contribution in [0.1, 0.15) is 18.4 Å². The number of benzene rings is 1. The lowest BCUT2D eigenvalue weighted by Crippen LogP contribution is -2.06. The highest BCUT2D eigenvalue weighted by Gasteiger charge is 2.19. The second-order valence-electron chi connectivity index (χ2n) is 3.06. The van der Waals surface area contributed by atoms with Crippen molar-refractivity contribution in [3.8, 4) is 5.75 Å². The third-order valence-electron chi connectivity index (χ3n) is 2.07. The molecular weight excluding hydrogens is 190 g/mol. The Hall–Kier alpha value is -1.16. The Bertz CT molecular complexity index is 326. The fourth-order valence-electron chi connectivity index (χ4n) is 1.31. The van der Waals surface area contributed by atoms with E-state index in [1.165, 1.54) is 7.11 Å². The summed E-state index contributed by atoms with van der Waals surface area (Å²) in [7, 11) is 1.27. The molecule has 0 saturated heterocycles. The van der Waals surface area contributed by atoms with Crippen molar-refractivity contribution in [3.05, 3.63) is 29.3 Å². The maximum absolute atomic E-state index is 13.3. The summed E-state index contributed by atoms with van der Waals surface area (Å²) >= 11 is 0. The minimum absolute atomic E-state index is 0.0787. The molecule has 1 unspecified atom stereocenters. The van der Waals surface area contributed by atoms with Crippen LogP contribution >= 0.6 is 0 Å². The monoisotopic (exact) mass is 202 g/mol.